The summed E-state index contributed by atoms with van der Waals surface area (Å²) in [6.45, 7) is 6.61. The quantitative estimate of drug-likeness (QED) is 0.301. The van der Waals surface area contributed by atoms with E-state index in [1.54, 1.807) is 0 Å². The number of aryl methyl sites for hydroxylation is 1. The van der Waals surface area contributed by atoms with Crippen molar-refractivity contribution in [1.29, 1.82) is 0 Å². The molecule has 0 amide bonds. The molecule has 0 aliphatic carbocycles. The number of nitrogens with two attached hydrogens (primary N) is 1. The highest BCUT2D eigenvalue weighted by molar-refractivity contribution is 9.10. The van der Waals surface area contributed by atoms with Crippen LogP contribution in [0.2, 0.25) is 0 Å². The first kappa shape index (κ1) is 20.7. The number of imidazole rings is 1. The Morgan fingerprint density at radius 3 is 2.80 bits per heavy atom. The molecule has 7 nitrogen and oxygen atoms in total. The average molecular weight is 487 g/mol. The van der Waals surface area contributed by atoms with Crippen LogP contribution >= 0.6 is 27.7 Å². The molecule has 3 aromatic heterocycles. The second-order valence-corrected chi connectivity index (χ2v) is 9.25. The van der Waals surface area contributed by atoms with Crippen molar-refractivity contribution in [3.05, 3.63) is 69.8 Å². The maximum atomic E-state index is 6.21. The maximum Gasteiger partial charge on any atom is 0.210 e. The Balaban J connectivity index is 1.43. The monoisotopic (exact) mass is 486 g/mol. The van der Waals surface area contributed by atoms with E-state index in [1.165, 1.54) is 16.4 Å². The van der Waals surface area contributed by atoms with Crippen LogP contribution in [0, 0.1) is 6.92 Å². The lowest BCUT2D eigenvalue weighted by atomic mass is 10.0. The van der Waals surface area contributed by atoms with Crippen LogP contribution in [-0.4, -0.2) is 24.3 Å². The number of pyridine rings is 1. The SMILES string of the molecule is Cc1ccc(C(C)C)c(OCc2nnc(SCc3cn4cc(Br)ccc4n3)n2N)c1. The molecule has 156 valence electrons. The van der Waals surface area contributed by atoms with E-state index >= 15 is 0 Å². The van der Waals surface area contributed by atoms with Gasteiger partial charge >= 0.3 is 0 Å². The van der Waals surface area contributed by atoms with Crippen LogP contribution in [0.15, 0.2) is 52.4 Å². The van der Waals surface area contributed by atoms with E-state index in [2.05, 4.69) is 64.0 Å². The minimum Gasteiger partial charge on any atom is -0.485 e. The van der Waals surface area contributed by atoms with Gasteiger partial charge in [-0.2, -0.15) is 0 Å². The van der Waals surface area contributed by atoms with Gasteiger partial charge in [0.2, 0.25) is 5.16 Å². The number of fused-ring (bicyclic) bond motifs is 1. The van der Waals surface area contributed by atoms with Crippen LogP contribution < -0.4 is 10.6 Å². The van der Waals surface area contributed by atoms with E-state index in [-0.39, 0.29) is 6.61 Å². The molecule has 4 aromatic rings. The first-order chi connectivity index (χ1) is 14.4. The summed E-state index contributed by atoms with van der Waals surface area (Å²) >= 11 is 4.97. The molecule has 0 unspecified atom stereocenters. The topological polar surface area (TPSA) is 83.3 Å². The lowest BCUT2D eigenvalue weighted by Gasteiger charge is -2.14. The number of halogens is 1. The highest BCUT2D eigenvalue weighted by Gasteiger charge is 2.14. The van der Waals surface area contributed by atoms with E-state index in [4.69, 9.17) is 10.6 Å². The van der Waals surface area contributed by atoms with Crippen molar-refractivity contribution >= 4 is 33.3 Å². The number of rotatable bonds is 7. The van der Waals surface area contributed by atoms with Crippen molar-refractivity contribution in [2.75, 3.05) is 5.84 Å². The lowest BCUT2D eigenvalue weighted by Crippen LogP contribution is -2.16. The fourth-order valence-electron chi connectivity index (χ4n) is 3.12. The van der Waals surface area contributed by atoms with E-state index in [1.807, 2.05) is 35.0 Å². The van der Waals surface area contributed by atoms with E-state index < -0.39 is 0 Å². The Kier molecular flexibility index (Phi) is 6.01. The summed E-state index contributed by atoms with van der Waals surface area (Å²) in [5.74, 6) is 8.66. The Hall–Kier alpha value is -2.52. The van der Waals surface area contributed by atoms with E-state index in [9.17, 15) is 0 Å². The maximum absolute atomic E-state index is 6.21. The Labute approximate surface area is 187 Å². The Morgan fingerprint density at radius 1 is 1.17 bits per heavy atom. The van der Waals surface area contributed by atoms with Crippen LogP contribution in [0.3, 0.4) is 0 Å². The first-order valence-corrected chi connectivity index (χ1v) is 11.4. The fraction of sp³-hybridized carbons (Fsp3) is 0.286. The second kappa shape index (κ2) is 8.69. The van der Waals surface area contributed by atoms with Gasteiger partial charge in [-0.15, -0.1) is 10.2 Å². The molecule has 0 saturated carbocycles. The molecule has 1 aromatic carbocycles. The van der Waals surface area contributed by atoms with Crippen LogP contribution in [0.5, 0.6) is 5.75 Å². The number of hydrogen-bond acceptors (Lipinski definition) is 6. The predicted molar refractivity (Wildman–Crippen MR) is 122 cm³/mol. The van der Waals surface area contributed by atoms with Gasteiger partial charge in [0, 0.05) is 22.6 Å². The van der Waals surface area contributed by atoms with Crippen molar-refractivity contribution in [2.45, 2.75) is 44.2 Å². The number of aromatic nitrogens is 5. The van der Waals surface area contributed by atoms with Crippen LogP contribution in [-0.2, 0) is 12.4 Å². The molecule has 0 aliphatic heterocycles. The Bertz CT molecular complexity index is 1190. The summed E-state index contributed by atoms with van der Waals surface area (Å²) in [5, 5.41) is 9.04. The van der Waals surface area contributed by atoms with Gasteiger partial charge in [-0.3, -0.25) is 0 Å². The zero-order valence-corrected chi connectivity index (χ0v) is 19.4. The zero-order valence-electron chi connectivity index (χ0n) is 17.0. The minimum atomic E-state index is 0.260. The van der Waals surface area contributed by atoms with Crippen molar-refractivity contribution < 1.29 is 4.74 Å². The van der Waals surface area contributed by atoms with Crippen molar-refractivity contribution in [3.8, 4) is 5.75 Å². The summed E-state index contributed by atoms with van der Waals surface area (Å²) in [6, 6.07) is 10.2. The summed E-state index contributed by atoms with van der Waals surface area (Å²) in [7, 11) is 0. The van der Waals surface area contributed by atoms with Crippen LogP contribution in [0.25, 0.3) is 5.65 Å². The van der Waals surface area contributed by atoms with E-state index in [0.717, 1.165) is 32.7 Å². The third-order valence-corrected chi connectivity index (χ3v) is 6.14. The zero-order chi connectivity index (χ0) is 21.3. The molecule has 9 heteroatoms. The second-order valence-electron chi connectivity index (χ2n) is 7.39. The summed E-state index contributed by atoms with van der Waals surface area (Å²) in [4.78, 5) is 4.61. The number of benzene rings is 1. The highest BCUT2D eigenvalue weighted by atomic mass is 79.9. The number of ether oxygens (including phenoxy) is 1. The summed E-state index contributed by atoms with van der Waals surface area (Å²) in [5.41, 5.74) is 4.16. The van der Waals surface area contributed by atoms with Crippen LogP contribution in [0.1, 0.15) is 42.4 Å². The van der Waals surface area contributed by atoms with Gasteiger partial charge in [0.05, 0.1) is 5.69 Å². The van der Waals surface area contributed by atoms with Gasteiger partial charge in [0.25, 0.3) is 0 Å². The van der Waals surface area contributed by atoms with Gasteiger partial charge in [0.15, 0.2) is 5.82 Å². The largest absolute Gasteiger partial charge is 0.485 e. The Morgan fingerprint density at radius 2 is 2.00 bits per heavy atom. The molecule has 0 spiro atoms. The van der Waals surface area contributed by atoms with Gasteiger partial charge in [-0.05, 0) is 58.1 Å². The van der Waals surface area contributed by atoms with Crippen molar-refractivity contribution in [3.63, 3.8) is 0 Å². The van der Waals surface area contributed by atoms with Crippen LogP contribution in [0.4, 0.5) is 0 Å². The van der Waals surface area contributed by atoms with Gasteiger partial charge in [-0.1, -0.05) is 37.7 Å². The molecule has 0 saturated heterocycles. The standard InChI is InChI=1S/C21H23BrN6OS/c1-13(2)17-6-4-14(3)8-18(17)29-11-20-25-26-21(28(20)23)30-12-16-10-27-9-15(22)5-7-19(27)24-16/h4-10,13H,11-12,23H2,1-3H3. The first-order valence-electron chi connectivity index (χ1n) is 9.59. The molecule has 4 rings (SSSR count). The van der Waals surface area contributed by atoms with Crippen molar-refractivity contribution in [2.24, 2.45) is 0 Å². The van der Waals surface area contributed by atoms with E-state index in [0.29, 0.717) is 22.7 Å². The van der Waals surface area contributed by atoms with Gasteiger partial charge in [-0.25, -0.2) is 9.66 Å². The number of nitrogen functional groups attached to an aromatic ring is 1. The molecular weight excluding hydrogens is 464 g/mol. The average Bonchev–Trinajstić information content (AvgIpc) is 3.27. The minimum absolute atomic E-state index is 0.260. The number of thioether (sulfide) groups is 1. The third-order valence-electron chi connectivity index (χ3n) is 4.70. The third kappa shape index (κ3) is 4.46. The molecule has 2 N–H and O–H groups in total. The molecule has 0 fully saturated rings. The van der Waals surface area contributed by atoms with Gasteiger partial charge in [0.1, 0.15) is 18.0 Å². The molecule has 3 heterocycles. The molecule has 0 atom stereocenters. The number of nitrogens with zero attached hydrogens (tertiary/aromatic N) is 5. The molecule has 30 heavy (non-hydrogen) atoms. The molecule has 0 bridgehead atoms. The van der Waals surface area contributed by atoms with Gasteiger partial charge < -0.3 is 15.0 Å². The molecule has 0 radical (unpaired) electrons. The molecular formula is C21H23BrN6OS. The predicted octanol–water partition coefficient (Wildman–Crippen LogP) is 4.71. The lowest BCUT2D eigenvalue weighted by molar-refractivity contribution is 0.287. The summed E-state index contributed by atoms with van der Waals surface area (Å²) in [6.07, 6.45) is 3.98. The fourth-order valence-corrected chi connectivity index (χ4v) is 4.23. The normalized spacial score (nSPS) is 11.5. The number of hydrogen-bond donors (Lipinski definition) is 1. The highest BCUT2D eigenvalue weighted by Crippen LogP contribution is 2.28. The van der Waals surface area contributed by atoms with Crippen molar-refractivity contribution in [1.82, 2.24) is 24.3 Å². The molecule has 0 aliphatic rings. The summed E-state index contributed by atoms with van der Waals surface area (Å²) < 4.78 is 10.5. The smallest absolute Gasteiger partial charge is 0.210 e.